The summed E-state index contributed by atoms with van der Waals surface area (Å²) in [5.74, 6) is 1.32. The highest BCUT2D eigenvalue weighted by molar-refractivity contribution is 6.30. The Balaban J connectivity index is 2.17. The lowest BCUT2D eigenvalue weighted by Gasteiger charge is -2.41. The SMILES string of the molecule is CCc1c(Cl)nc(C)nc1N1CCN(CC(F)(F)F)C(C)C1. The molecule has 0 radical (unpaired) electrons. The van der Waals surface area contributed by atoms with E-state index in [1.807, 2.05) is 11.8 Å². The van der Waals surface area contributed by atoms with E-state index in [4.69, 9.17) is 11.6 Å². The van der Waals surface area contributed by atoms with Crippen LogP contribution in [-0.4, -0.2) is 53.3 Å². The third-order valence-corrected chi connectivity index (χ3v) is 4.16. The second-order valence-corrected chi connectivity index (χ2v) is 5.96. The maximum Gasteiger partial charge on any atom is 0.401 e. The Bertz CT molecular complexity index is 536. The van der Waals surface area contributed by atoms with E-state index in [-0.39, 0.29) is 6.04 Å². The van der Waals surface area contributed by atoms with Crippen LogP contribution >= 0.6 is 11.6 Å². The number of alkyl halides is 3. The van der Waals surface area contributed by atoms with Gasteiger partial charge in [0.15, 0.2) is 0 Å². The fourth-order valence-corrected chi connectivity index (χ4v) is 3.11. The van der Waals surface area contributed by atoms with Crippen LogP contribution in [0.15, 0.2) is 0 Å². The predicted molar refractivity (Wildman–Crippen MR) is 80.5 cm³/mol. The number of rotatable bonds is 3. The standard InChI is InChI=1S/C14H20ClF3N4/c1-4-11-12(15)19-10(3)20-13(11)21-5-6-22(9(2)7-21)8-14(16,17)18/h9H,4-8H2,1-3H3. The van der Waals surface area contributed by atoms with Crippen LogP contribution in [0.1, 0.15) is 25.2 Å². The first-order valence-electron chi connectivity index (χ1n) is 7.30. The molecule has 1 saturated heterocycles. The number of halogens is 4. The monoisotopic (exact) mass is 336 g/mol. The number of aromatic nitrogens is 2. The Morgan fingerprint density at radius 3 is 2.50 bits per heavy atom. The first-order chi connectivity index (χ1) is 10.2. The molecule has 0 bridgehead atoms. The smallest absolute Gasteiger partial charge is 0.353 e. The second-order valence-electron chi connectivity index (χ2n) is 5.60. The molecule has 0 amide bonds. The van der Waals surface area contributed by atoms with Crippen LogP contribution in [-0.2, 0) is 6.42 Å². The summed E-state index contributed by atoms with van der Waals surface area (Å²) in [7, 11) is 0. The van der Waals surface area contributed by atoms with Gasteiger partial charge in [-0.2, -0.15) is 13.2 Å². The number of hydrogen-bond donors (Lipinski definition) is 0. The van der Waals surface area contributed by atoms with Crippen LogP contribution in [0.2, 0.25) is 5.15 Å². The van der Waals surface area contributed by atoms with Gasteiger partial charge in [-0.25, -0.2) is 9.97 Å². The molecule has 0 N–H and O–H groups in total. The van der Waals surface area contributed by atoms with Crippen molar-refractivity contribution in [2.45, 2.75) is 39.4 Å². The van der Waals surface area contributed by atoms with E-state index in [9.17, 15) is 13.2 Å². The van der Waals surface area contributed by atoms with Crippen molar-refractivity contribution in [2.24, 2.45) is 0 Å². The molecule has 124 valence electrons. The van der Waals surface area contributed by atoms with Crippen molar-refractivity contribution in [1.29, 1.82) is 0 Å². The topological polar surface area (TPSA) is 32.3 Å². The van der Waals surface area contributed by atoms with Gasteiger partial charge >= 0.3 is 6.18 Å². The minimum absolute atomic E-state index is 0.200. The van der Waals surface area contributed by atoms with E-state index in [2.05, 4.69) is 9.97 Å². The molecule has 2 heterocycles. The Morgan fingerprint density at radius 2 is 1.95 bits per heavy atom. The molecule has 2 rings (SSSR count). The molecule has 1 atom stereocenters. The lowest BCUT2D eigenvalue weighted by atomic mass is 10.1. The molecule has 22 heavy (non-hydrogen) atoms. The molecule has 1 aromatic heterocycles. The normalized spacial score (nSPS) is 20.5. The third-order valence-electron chi connectivity index (χ3n) is 3.85. The zero-order valence-electron chi connectivity index (χ0n) is 12.9. The van der Waals surface area contributed by atoms with Gasteiger partial charge in [-0.05, 0) is 20.3 Å². The van der Waals surface area contributed by atoms with Crippen molar-refractivity contribution in [2.75, 3.05) is 31.1 Å². The summed E-state index contributed by atoms with van der Waals surface area (Å²) < 4.78 is 37.7. The van der Waals surface area contributed by atoms with Gasteiger partial charge in [0.2, 0.25) is 0 Å². The lowest BCUT2D eigenvalue weighted by molar-refractivity contribution is -0.150. The Morgan fingerprint density at radius 1 is 1.27 bits per heavy atom. The van der Waals surface area contributed by atoms with Crippen molar-refractivity contribution in [1.82, 2.24) is 14.9 Å². The van der Waals surface area contributed by atoms with Crippen LogP contribution in [0, 0.1) is 6.92 Å². The van der Waals surface area contributed by atoms with Gasteiger partial charge in [-0.3, -0.25) is 4.90 Å². The van der Waals surface area contributed by atoms with Gasteiger partial charge in [0.1, 0.15) is 16.8 Å². The average molecular weight is 337 g/mol. The zero-order valence-corrected chi connectivity index (χ0v) is 13.7. The number of piperazine rings is 1. The Kier molecular flexibility index (Phi) is 5.17. The molecule has 1 aliphatic heterocycles. The number of hydrogen-bond acceptors (Lipinski definition) is 4. The molecule has 1 aliphatic rings. The molecular formula is C14H20ClF3N4. The largest absolute Gasteiger partial charge is 0.401 e. The first-order valence-corrected chi connectivity index (χ1v) is 7.67. The van der Waals surface area contributed by atoms with Crippen molar-refractivity contribution in [3.8, 4) is 0 Å². The summed E-state index contributed by atoms with van der Waals surface area (Å²) in [4.78, 5) is 12.1. The zero-order chi connectivity index (χ0) is 16.5. The van der Waals surface area contributed by atoms with E-state index in [0.717, 1.165) is 11.4 Å². The highest BCUT2D eigenvalue weighted by Crippen LogP contribution is 2.28. The minimum atomic E-state index is -4.17. The summed E-state index contributed by atoms with van der Waals surface area (Å²) in [5.41, 5.74) is 0.851. The van der Waals surface area contributed by atoms with Crippen molar-refractivity contribution in [3.05, 3.63) is 16.5 Å². The number of nitrogens with zero attached hydrogens (tertiary/aromatic N) is 4. The molecule has 0 aliphatic carbocycles. The lowest BCUT2D eigenvalue weighted by Crippen LogP contribution is -2.54. The quantitative estimate of drug-likeness (QED) is 0.794. The molecule has 0 saturated carbocycles. The highest BCUT2D eigenvalue weighted by Gasteiger charge is 2.35. The fourth-order valence-electron chi connectivity index (χ4n) is 2.77. The average Bonchev–Trinajstić information content (AvgIpc) is 2.39. The molecule has 1 fully saturated rings. The third kappa shape index (κ3) is 4.01. The van der Waals surface area contributed by atoms with Gasteiger partial charge in [0.05, 0.1) is 6.54 Å². The summed E-state index contributed by atoms with van der Waals surface area (Å²) in [6.07, 6.45) is -3.48. The van der Waals surface area contributed by atoms with Gasteiger partial charge in [-0.1, -0.05) is 18.5 Å². The van der Waals surface area contributed by atoms with Crippen LogP contribution in [0.5, 0.6) is 0 Å². The van der Waals surface area contributed by atoms with Crippen molar-refractivity contribution < 1.29 is 13.2 Å². The molecule has 8 heteroatoms. The fraction of sp³-hybridized carbons (Fsp3) is 0.714. The van der Waals surface area contributed by atoms with Gasteiger partial charge < -0.3 is 4.90 Å². The maximum absolute atomic E-state index is 12.6. The summed E-state index contributed by atoms with van der Waals surface area (Å²) in [6, 6.07) is -0.200. The van der Waals surface area contributed by atoms with E-state index >= 15 is 0 Å². The molecule has 1 aromatic rings. The summed E-state index contributed by atoms with van der Waals surface area (Å²) >= 11 is 6.17. The summed E-state index contributed by atoms with van der Waals surface area (Å²) in [5, 5.41) is 0.426. The predicted octanol–water partition coefficient (Wildman–Crippen LogP) is 3.07. The van der Waals surface area contributed by atoms with E-state index < -0.39 is 12.7 Å². The summed E-state index contributed by atoms with van der Waals surface area (Å²) in [6.45, 7) is 6.01. The van der Waals surface area contributed by atoms with Gasteiger partial charge in [0.25, 0.3) is 0 Å². The van der Waals surface area contributed by atoms with E-state index in [1.54, 1.807) is 13.8 Å². The first kappa shape index (κ1) is 17.3. The highest BCUT2D eigenvalue weighted by atomic mass is 35.5. The Hall–Kier alpha value is -1.08. The van der Waals surface area contributed by atoms with Crippen LogP contribution in [0.3, 0.4) is 0 Å². The molecule has 0 aromatic carbocycles. The van der Waals surface area contributed by atoms with Crippen LogP contribution in [0.25, 0.3) is 0 Å². The second kappa shape index (κ2) is 6.58. The van der Waals surface area contributed by atoms with Crippen LogP contribution < -0.4 is 4.90 Å². The van der Waals surface area contributed by atoms with E-state index in [1.165, 1.54) is 4.90 Å². The van der Waals surface area contributed by atoms with Crippen molar-refractivity contribution >= 4 is 17.4 Å². The Labute approximate surface area is 133 Å². The molecule has 4 nitrogen and oxygen atoms in total. The van der Waals surface area contributed by atoms with Gasteiger partial charge in [-0.15, -0.1) is 0 Å². The molecule has 0 spiro atoms. The van der Waals surface area contributed by atoms with Crippen molar-refractivity contribution in [3.63, 3.8) is 0 Å². The van der Waals surface area contributed by atoms with Gasteiger partial charge in [0, 0.05) is 31.2 Å². The maximum atomic E-state index is 12.6. The van der Waals surface area contributed by atoms with Crippen LogP contribution in [0.4, 0.5) is 19.0 Å². The minimum Gasteiger partial charge on any atom is -0.353 e. The number of aryl methyl sites for hydroxylation is 1. The molecular weight excluding hydrogens is 317 g/mol. The number of anilines is 1. The molecule has 1 unspecified atom stereocenters. The van der Waals surface area contributed by atoms with E-state index in [0.29, 0.717) is 37.0 Å².